The van der Waals surface area contributed by atoms with Gasteiger partial charge in [-0.05, 0) is 48.6 Å². The fourth-order valence-corrected chi connectivity index (χ4v) is 2.44. The molecular weight excluding hydrogens is 301 g/mol. The summed E-state index contributed by atoms with van der Waals surface area (Å²) < 4.78 is 41.4. The molecule has 0 spiro atoms. The molecule has 23 heavy (non-hydrogen) atoms. The zero-order valence-electron chi connectivity index (χ0n) is 12.9. The molecule has 0 amide bonds. The molecule has 0 saturated heterocycles. The Morgan fingerprint density at radius 3 is 2.39 bits per heavy atom. The fourth-order valence-electron chi connectivity index (χ4n) is 2.44. The van der Waals surface area contributed by atoms with Crippen LogP contribution < -0.4 is 4.74 Å². The predicted octanol–water partition coefficient (Wildman–Crippen LogP) is 5.30. The van der Waals surface area contributed by atoms with Gasteiger partial charge in [0.05, 0.1) is 0 Å². The molecule has 0 aliphatic carbocycles. The van der Waals surface area contributed by atoms with E-state index in [-0.39, 0.29) is 11.7 Å². The molecule has 1 atom stereocenters. The van der Waals surface area contributed by atoms with Gasteiger partial charge in [0.15, 0.2) is 0 Å². The molecule has 1 unspecified atom stereocenters. The number of halogens is 3. The molecule has 0 bridgehead atoms. The molecule has 0 radical (unpaired) electrons. The van der Waals surface area contributed by atoms with Gasteiger partial charge in [-0.3, -0.25) is 0 Å². The fraction of sp³-hybridized carbons (Fsp3) is 0.263. The van der Waals surface area contributed by atoms with Crippen molar-refractivity contribution in [1.29, 1.82) is 0 Å². The Morgan fingerprint density at radius 1 is 1.09 bits per heavy atom. The van der Waals surface area contributed by atoms with Crippen LogP contribution >= 0.6 is 0 Å². The molecular formula is C19H17F3O. The summed E-state index contributed by atoms with van der Waals surface area (Å²) in [6.45, 7) is 3.68. The second-order valence-corrected chi connectivity index (χ2v) is 5.30. The molecule has 0 fully saturated rings. The lowest BCUT2D eigenvalue weighted by molar-refractivity contribution is -0.274. The number of hydrogen-bond donors (Lipinski definition) is 0. The summed E-state index contributed by atoms with van der Waals surface area (Å²) in [5, 5.41) is 0. The molecule has 0 N–H and O–H groups in total. The highest BCUT2D eigenvalue weighted by atomic mass is 19.4. The molecule has 0 aliphatic heterocycles. The van der Waals surface area contributed by atoms with E-state index in [1.807, 2.05) is 37.3 Å². The van der Waals surface area contributed by atoms with Crippen molar-refractivity contribution in [1.82, 2.24) is 0 Å². The van der Waals surface area contributed by atoms with Crippen LogP contribution in [0.2, 0.25) is 0 Å². The van der Waals surface area contributed by atoms with Crippen molar-refractivity contribution in [2.45, 2.75) is 32.5 Å². The lowest BCUT2D eigenvalue weighted by Crippen LogP contribution is -2.17. The van der Waals surface area contributed by atoms with Crippen LogP contribution in [0, 0.1) is 11.8 Å². The van der Waals surface area contributed by atoms with Crippen LogP contribution in [0.15, 0.2) is 48.5 Å². The van der Waals surface area contributed by atoms with E-state index in [9.17, 15) is 13.2 Å². The van der Waals surface area contributed by atoms with Crippen LogP contribution in [-0.4, -0.2) is 6.36 Å². The van der Waals surface area contributed by atoms with Crippen LogP contribution in [0.3, 0.4) is 0 Å². The van der Waals surface area contributed by atoms with Crippen molar-refractivity contribution < 1.29 is 17.9 Å². The highest BCUT2D eigenvalue weighted by Gasteiger charge is 2.31. The monoisotopic (exact) mass is 318 g/mol. The van der Waals surface area contributed by atoms with Crippen LogP contribution in [0.25, 0.3) is 0 Å². The molecule has 2 aromatic rings. The number of hydrogen-bond acceptors (Lipinski definition) is 1. The lowest BCUT2D eigenvalue weighted by Gasteiger charge is -2.14. The Balaban J connectivity index is 2.27. The lowest BCUT2D eigenvalue weighted by atomic mass is 9.93. The minimum Gasteiger partial charge on any atom is -0.406 e. The maximum atomic E-state index is 12.5. The molecule has 0 aliphatic rings. The quantitative estimate of drug-likeness (QED) is 0.695. The standard InChI is InChI=1S/C19H17F3O/c1-3-7-15-11-16(13-18(12-15)23-19(20,21)22)10-14(2)17-8-5-4-6-9-17/h4-6,8-9,11-14H,10H2,1-2H3. The highest BCUT2D eigenvalue weighted by Crippen LogP contribution is 2.27. The van der Waals surface area contributed by atoms with E-state index < -0.39 is 6.36 Å². The average Bonchev–Trinajstić information content (AvgIpc) is 2.46. The first-order valence-electron chi connectivity index (χ1n) is 7.25. The van der Waals surface area contributed by atoms with E-state index in [2.05, 4.69) is 16.6 Å². The Morgan fingerprint density at radius 2 is 1.78 bits per heavy atom. The van der Waals surface area contributed by atoms with Crippen molar-refractivity contribution in [2.75, 3.05) is 0 Å². The topological polar surface area (TPSA) is 9.23 Å². The second-order valence-electron chi connectivity index (χ2n) is 5.30. The first-order valence-corrected chi connectivity index (χ1v) is 7.25. The molecule has 0 heterocycles. The minimum absolute atomic E-state index is 0.180. The molecule has 120 valence electrons. The van der Waals surface area contributed by atoms with E-state index in [0.29, 0.717) is 12.0 Å². The third-order valence-electron chi connectivity index (χ3n) is 3.38. The van der Waals surface area contributed by atoms with Gasteiger partial charge >= 0.3 is 6.36 Å². The Labute approximate surface area is 134 Å². The summed E-state index contributed by atoms with van der Waals surface area (Å²) in [4.78, 5) is 0. The van der Waals surface area contributed by atoms with Crippen LogP contribution in [0.4, 0.5) is 13.2 Å². The summed E-state index contributed by atoms with van der Waals surface area (Å²) in [5.74, 6) is 5.44. The molecule has 0 saturated carbocycles. The maximum Gasteiger partial charge on any atom is 0.573 e. The van der Waals surface area contributed by atoms with E-state index in [4.69, 9.17) is 0 Å². The Hall–Kier alpha value is -2.41. The zero-order chi connectivity index (χ0) is 16.9. The number of ether oxygens (including phenoxy) is 1. The van der Waals surface area contributed by atoms with Gasteiger partial charge in [0.25, 0.3) is 0 Å². The molecule has 2 rings (SSSR count). The third-order valence-corrected chi connectivity index (χ3v) is 3.38. The van der Waals surface area contributed by atoms with Crippen molar-refractivity contribution in [3.63, 3.8) is 0 Å². The van der Waals surface area contributed by atoms with E-state index >= 15 is 0 Å². The van der Waals surface area contributed by atoms with Gasteiger partial charge in [-0.1, -0.05) is 43.2 Å². The predicted molar refractivity (Wildman–Crippen MR) is 84.2 cm³/mol. The van der Waals surface area contributed by atoms with Crippen molar-refractivity contribution in [3.8, 4) is 17.6 Å². The minimum atomic E-state index is -4.71. The second kappa shape index (κ2) is 7.23. The largest absolute Gasteiger partial charge is 0.573 e. The van der Waals surface area contributed by atoms with Gasteiger partial charge in [-0.2, -0.15) is 0 Å². The Kier molecular flexibility index (Phi) is 5.33. The van der Waals surface area contributed by atoms with Crippen LogP contribution in [0.5, 0.6) is 5.75 Å². The van der Waals surface area contributed by atoms with E-state index in [0.717, 1.165) is 11.1 Å². The third kappa shape index (κ3) is 5.37. The normalized spacial score (nSPS) is 12.2. The average molecular weight is 318 g/mol. The summed E-state index contributed by atoms with van der Waals surface area (Å²) in [6, 6.07) is 14.4. The Bertz CT molecular complexity index is 709. The molecule has 4 heteroatoms. The zero-order valence-corrected chi connectivity index (χ0v) is 12.9. The van der Waals surface area contributed by atoms with Crippen molar-refractivity contribution in [2.24, 2.45) is 0 Å². The van der Waals surface area contributed by atoms with Gasteiger partial charge in [0.1, 0.15) is 5.75 Å². The summed E-state index contributed by atoms with van der Waals surface area (Å²) in [6.07, 6.45) is -4.10. The smallest absolute Gasteiger partial charge is 0.406 e. The summed E-state index contributed by atoms with van der Waals surface area (Å²) in [5.41, 5.74) is 2.42. The molecule has 0 aromatic heterocycles. The van der Waals surface area contributed by atoms with Crippen molar-refractivity contribution in [3.05, 3.63) is 65.2 Å². The summed E-state index contributed by atoms with van der Waals surface area (Å²) >= 11 is 0. The van der Waals surface area contributed by atoms with Gasteiger partial charge in [-0.15, -0.1) is 19.1 Å². The van der Waals surface area contributed by atoms with Gasteiger partial charge in [-0.25, -0.2) is 0 Å². The first kappa shape index (κ1) is 17.0. The number of rotatable bonds is 4. The van der Waals surface area contributed by atoms with E-state index in [1.165, 1.54) is 12.1 Å². The summed E-state index contributed by atoms with van der Waals surface area (Å²) in [7, 11) is 0. The molecule has 2 aromatic carbocycles. The number of alkyl halides is 3. The highest BCUT2D eigenvalue weighted by molar-refractivity contribution is 5.44. The van der Waals surface area contributed by atoms with Crippen molar-refractivity contribution >= 4 is 0 Å². The number of benzene rings is 2. The van der Waals surface area contributed by atoms with Crippen LogP contribution in [0.1, 0.15) is 36.5 Å². The molecule has 1 nitrogen and oxygen atoms in total. The first-order chi connectivity index (χ1) is 10.9. The SMILES string of the molecule is CC#Cc1cc(CC(C)c2ccccc2)cc(OC(F)(F)F)c1. The van der Waals surface area contributed by atoms with E-state index in [1.54, 1.807) is 13.0 Å². The van der Waals surface area contributed by atoms with Crippen LogP contribution in [-0.2, 0) is 6.42 Å². The van der Waals surface area contributed by atoms with Gasteiger partial charge in [0, 0.05) is 5.56 Å². The van der Waals surface area contributed by atoms with Gasteiger partial charge in [0.2, 0.25) is 0 Å². The maximum absolute atomic E-state index is 12.5. The van der Waals surface area contributed by atoms with Gasteiger partial charge < -0.3 is 4.74 Å².